The summed E-state index contributed by atoms with van der Waals surface area (Å²) < 4.78 is 0. The van der Waals surface area contributed by atoms with Crippen LogP contribution in [0.1, 0.15) is 18.4 Å². The van der Waals surface area contributed by atoms with Gasteiger partial charge >= 0.3 is 0 Å². The molecule has 2 N–H and O–H groups in total. The first-order chi connectivity index (χ1) is 11.7. The van der Waals surface area contributed by atoms with E-state index in [4.69, 9.17) is 0 Å². The van der Waals surface area contributed by atoms with Crippen molar-refractivity contribution in [1.82, 2.24) is 5.32 Å². The quantitative estimate of drug-likeness (QED) is 0.760. The molecule has 4 heteroatoms. The number of amides is 1. The van der Waals surface area contributed by atoms with Gasteiger partial charge in [-0.3, -0.25) is 4.79 Å². The molecule has 2 aromatic carbocycles. The maximum absolute atomic E-state index is 12.3. The lowest BCUT2D eigenvalue weighted by Gasteiger charge is -2.38. The number of carbonyl (C=O) groups is 1. The van der Waals surface area contributed by atoms with Crippen LogP contribution in [0.25, 0.3) is 0 Å². The van der Waals surface area contributed by atoms with Gasteiger partial charge in [0.15, 0.2) is 0 Å². The molecule has 0 heterocycles. The van der Waals surface area contributed by atoms with E-state index in [1.165, 1.54) is 5.56 Å². The summed E-state index contributed by atoms with van der Waals surface area (Å²) in [6.45, 7) is 0. The summed E-state index contributed by atoms with van der Waals surface area (Å²) in [5.41, 5.74) is 1.22. The van der Waals surface area contributed by atoms with Gasteiger partial charge in [-0.05, 0) is 42.9 Å². The van der Waals surface area contributed by atoms with Crippen molar-refractivity contribution in [1.29, 1.82) is 0 Å². The molecule has 1 atom stereocenters. The highest BCUT2D eigenvalue weighted by atomic mass is 32.2. The Kier molecular flexibility index (Phi) is 5.94. The third-order valence-corrected chi connectivity index (χ3v) is 5.49. The minimum atomic E-state index is -0.205. The molecule has 0 unspecified atom stereocenters. The van der Waals surface area contributed by atoms with Crippen molar-refractivity contribution in [3.05, 3.63) is 66.2 Å². The molecular weight excluding hydrogens is 318 g/mol. The molecular formula is C20H23NO2S. The van der Waals surface area contributed by atoms with Gasteiger partial charge in [-0.15, -0.1) is 11.8 Å². The summed E-state index contributed by atoms with van der Waals surface area (Å²) >= 11 is 1.55. The van der Waals surface area contributed by atoms with Crippen LogP contribution in [0, 0.1) is 5.92 Å². The van der Waals surface area contributed by atoms with Crippen LogP contribution in [-0.2, 0) is 11.2 Å². The van der Waals surface area contributed by atoms with E-state index in [9.17, 15) is 9.90 Å². The van der Waals surface area contributed by atoms with Crippen molar-refractivity contribution in [2.45, 2.75) is 36.3 Å². The Balaban J connectivity index is 1.55. The molecule has 24 heavy (non-hydrogen) atoms. The second kappa shape index (κ2) is 8.36. The summed E-state index contributed by atoms with van der Waals surface area (Å²) in [6.07, 6.45) is 2.18. The normalized spacial score (nSPS) is 20.9. The van der Waals surface area contributed by atoms with Crippen molar-refractivity contribution < 1.29 is 9.90 Å². The Morgan fingerprint density at radius 1 is 1.08 bits per heavy atom. The predicted molar refractivity (Wildman–Crippen MR) is 98.0 cm³/mol. The average Bonchev–Trinajstić information content (AvgIpc) is 2.58. The zero-order valence-electron chi connectivity index (χ0n) is 13.6. The van der Waals surface area contributed by atoms with Gasteiger partial charge in [0.05, 0.1) is 11.9 Å². The lowest BCUT2D eigenvalue weighted by molar-refractivity contribution is -0.120. The summed E-state index contributed by atoms with van der Waals surface area (Å²) in [5.74, 6) is 0.849. The van der Waals surface area contributed by atoms with Crippen molar-refractivity contribution in [2.75, 3.05) is 5.75 Å². The van der Waals surface area contributed by atoms with E-state index < -0.39 is 0 Å². The first kappa shape index (κ1) is 17.1. The molecule has 1 fully saturated rings. The number of hydrogen-bond acceptors (Lipinski definition) is 3. The molecule has 3 nitrogen and oxygen atoms in total. The van der Waals surface area contributed by atoms with Crippen LogP contribution < -0.4 is 5.32 Å². The smallest absolute Gasteiger partial charge is 0.230 e. The van der Waals surface area contributed by atoms with Gasteiger partial charge < -0.3 is 10.4 Å². The number of aliphatic hydroxyl groups excluding tert-OH is 1. The van der Waals surface area contributed by atoms with E-state index in [-0.39, 0.29) is 18.1 Å². The average molecular weight is 341 g/mol. The molecule has 0 aromatic heterocycles. The van der Waals surface area contributed by atoms with Crippen LogP contribution >= 0.6 is 11.8 Å². The summed E-state index contributed by atoms with van der Waals surface area (Å²) in [4.78, 5) is 13.5. The minimum Gasteiger partial charge on any atom is -0.393 e. The molecule has 0 aliphatic heterocycles. The molecule has 0 saturated heterocycles. The van der Waals surface area contributed by atoms with E-state index in [1.807, 2.05) is 48.5 Å². The maximum Gasteiger partial charge on any atom is 0.230 e. The molecule has 0 spiro atoms. The van der Waals surface area contributed by atoms with Crippen LogP contribution in [0.2, 0.25) is 0 Å². The Bertz CT molecular complexity index is 641. The topological polar surface area (TPSA) is 49.3 Å². The Morgan fingerprint density at radius 3 is 2.33 bits per heavy atom. The number of benzene rings is 2. The third-order valence-electron chi connectivity index (χ3n) is 4.48. The van der Waals surface area contributed by atoms with Gasteiger partial charge in [-0.25, -0.2) is 0 Å². The molecule has 2 aromatic rings. The van der Waals surface area contributed by atoms with Crippen LogP contribution in [0.15, 0.2) is 65.6 Å². The van der Waals surface area contributed by atoms with Crippen LogP contribution in [0.4, 0.5) is 0 Å². The maximum atomic E-state index is 12.3. The highest BCUT2D eigenvalue weighted by molar-refractivity contribution is 8.00. The number of carbonyl (C=O) groups excluding carboxylic acids is 1. The lowest BCUT2D eigenvalue weighted by atomic mass is 9.75. The summed E-state index contributed by atoms with van der Waals surface area (Å²) in [6, 6.07) is 20.3. The number of nitrogens with one attached hydrogen (secondary N) is 1. The molecule has 1 amide bonds. The van der Waals surface area contributed by atoms with Gasteiger partial charge in [0.25, 0.3) is 0 Å². The van der Waals surface area contributed by atoms with E-state index in [0.29, 0.717) is 11.7 Å². The van der Waals surface area contributed by atoms with Crippen LogP contribution in [0.3, 0.4) is 0 Å². The molecule has 1 saturated carbocycles. The predicted octanol–water partition coefficient (Wildman–Crippen LogP) is 3.28. The summed E-state index contributed by atoms with van der Waals surface area (Å²) in [7, 11) is 0. The Hall–Kier alpha value is -1.78. The van der Waals surface area contributed by atoms with E-state index in [2.05, 4.69) is 17.4 Å². The fourth-order valence-corrected chi connectivity index (χ4v) is 3.81. The molecule has 1 aliphatic carbocycles. The lowest BCUT2D eigenvalue weighted by Crippen LogP contribution is -2.48. The molecule has 3 rings (SSSR count). The Labute approximate surface area is 147 Å². The van der Waals surface area contributed by atoms with Crippen molar-refractivity contribution in [2.24, 2.45) is 5.92 Å². The van der Waals surface area contributed by atoms with Crippen molar-refractivity contribution >= 4 is 17.7 Å². The SMILES string of the molecule is O=C(CSc1ccccc1)N[C@H](Cc1ccccc1)C1CC(O)C1. The van der Waals surface area contributed by atoms with Gasteiger partial charge in [0, 0.05) is 10.9 Å². The number of thioether (sulfide) groups is 1. The molecule has 0 radical (unpaired) electrons. The monoisotopic (exact) mass is 341 g/mol. The van der Waals surface area contributed by atoms with Gasteiger partial charge in [0.2, 0.25) is 5.91 Å². The minimum absolute atomic E-state index is 0.0613. The van der Waals surface area contributed by atoms with Gasteiger partial charge in [0.1, 0.15) is 0 Å². The number of rotatable bonds is 7. The number of hydrogen-bond donors (Lipinski definition) is 2. The first-order valence-electron chi connectivity index (χ1n) is 8.40. The fraction of sp³-hybridized carbons (Fsp3) is 0.350. The zero-order valence-corrected chi connectivity index (χ0v) is 14.4. The van der Waals surface area contributed by atoms with E-state index in [0.717, 1.165) is 24.2 Å². The third kappa shape index (κ3) is 4.86. The fourth-order valence-electron chi connectivity index (χ4n) is 3.08. The zero-order chi connectivity index (χ0) is 16.8. The Morgan fingerprint density at radius 2 is 1.71 bits per heavy atom. The van der Waals surface area contributed by atoms with Gasteiger partial charge in [-0.2, -0.15) is 0 Å². The second-order valence-electron chi connectivity index (χ2n) is 6.35. The van der Waals surface area contributed by atoms with Crippen molar-refractivity contribution in [3.63, 3.8) is 0 Å². The molecule has 126 valence electrons. The standard InChI is InChI=1S/C20H23NO2S/c22-17-12-16(13-17)19(11-15-7-3-1-4-8-15)21-20(23)14-24-18-9-5-2-6-10-18/h1-10,16-17,19,22H,11-14H2,(H,21,23)/t16?,17?,19-/m1/s1. The van der Waals surface area contributed by atoms with Crippen LogP contribution in [-0.4, -0.2) is 28.9 Å². The first-order valence-corrected chi connectivity index (χ1v) is 9.38. The second-order valence-corrected chi connectivity index (χ2v) is 7.40. The molecule has 0 bridgehead atoms. The van der Waals surface area contributed by atoms with E-state index in [1.54, 1.807) is 11.8 Å². The highest BCUT2D eigenvalue weighted by Crippen LogP contribution is 2.32. The van der Waals surface area contributed by atoms with Gasteiger partial charge in [-0.1, -0.05) is 48.5 Å². The van der Waals surface area contributed by atoms with E-state index >= 15 is 0 Å². The highest BCUT2D eigenvalue weighted by Gasteiger charge is 2.34. The summed E-state index contributed by atoms with van der Waals surface area (Å²) in [5, 5.41) is 12.8. The van der Waals surface area contributed by atoms with Crippen LogP contribution in [0.5, 0.6) is 0 Å². The largest absolute Gasteiger partial charge is 0.393 e. The number of aliphatic hydroxyl groups is 1. The molecule has 1 aliphatic rings. The van der Waals surface area contributed by atoms with Crippen molar-refractivity contribution in [3.8, 4) is 0 Å².